The van der Waals surface area contributed by atoms with Crippen LogP contribution in [0.5, 0.6) is 0 Å². The number of aromatic nitrogens is 4. The van der Waals surface area contributed by atoms with Crippen LogP contribution in [-0.2, 0) is 27.5 Å². The summed E-state index contributed by atoms with van der Waals surface area (Å²) < 4.78 is 118. The van der Waals surface area contributed by atoms with Gasteiger partial charge in [-0.05, 0) is 60.7 Å². The zero-order valence-corrected chi connectivity index (χ0v) is 35.6. The number of likely N-dealkylation sites (tertiary alicyclic amines) is 1. The van der Waals surface area contributed by atoms with Crippen molar-refractivity contribution in [3.05, 3.63) is 131 Å². The lowest BCUT2D eigenvalue weighted by Crippen LogP contribution is -2.57. The lowest BCUT2D eigenvalue weighted by atomic mass is 9.95. The van der Waals surface area contributed by atoms with Gasteiger partial charge in [0.05, 0.1) is 24.9 Å². The first kappa shape index (κ1) is 48.7. The van der Waals surface area contributed by atoms with Crippen molar-refractivity contribution in [1.29, 1.82) is 0 Å². The molecule has 3 amide bonds. The second-order valence-electron chi connectivity index (χ2n) is 15.4. The summed E-state index contributed by atoms with van der Waals surface area (Å²) in [6.45, 7) is 4.65. The summed E-state index contributed by atoms with van der Waals surface area (Å²) in [5, 5.41) is 16.4. The van der Waals surface area contributed by atoms with Crippen LogP contribution in [-0.4, -0.2) is 69.2 Å². The zero-order valence-electron chi connectivity index (χ0n) is 34.8. The number of alkyl halides is 4. The summed E-state index contributed by atoms with van der Waals surface area (Å²) in [5.74, 6) is -6.41. The van der Waals surface area contributed by atoms with E-state index in [4.69, 9.17) is 8.83 Å². The maximum Gasteiger partial charge on any atom is 0.314 e. The minimum absolute atomic E-state index is 0. The van der Waals surface area contributed by atoms with Crippen LogP contribution in [0, 0.1) is 41.0 Å². The summed E-state index contributed by atoms with van der Waals surface area (Å²) in [7, 11) is 0. The molecule has 0 saturated carbocycles. The number of carbonyl (C=O) groups excluding carboxylic acids is 3. The Morgan fingerprint density at radius 2 is 1.09 bits per heavy atom. The minimum atomic E-state index is -2.95. The van der Waals surface area contributed by atoms with Crippen LogP contribution in [0.4, 0.5) is 46.5 Å². The van der Waals surface area contributed by atoms with Crippen LogP contribution in [0.3, 0.4) is 0 Å². The van der Waals surface area contributed by atoms with Crippen molar-refractivity contribution in [3.8, 4) is 22.9 Å². The van der Waals surface area contributed by atoms with Gasteiger partial charge in [0.25, 0.3) is 11.8 Å². The van der Waals surface area contributed by atoms with Crippen molar-refractivity contribution in [3.63, 3.8) is 0 Å². The van der Waals surface area contributed by atoms with Crippen molar-refractivity contribution in [1.82, 2.24) is 30.6 Å². The highest BCUT2D eigenvalue weighted by Crippen LogP contribution is 2.31. The van der Waals surface area contributed by atoms with Crippen LogP contribution in [0.1, 0.15) is 49.6 Å². The number of hydrogen-bond acceptors (Lipinski definition) is 10. The van der Waals surface area contributed by atoms with Crippen LogP contribution in [0.15, 0.2) is 93.8 Å². The lowest BCUT2D eigenvalue weighted by Gasteiger charge is -2.41. The van der Waals surface area contributed by atoms with E-state index >= 15 is 0 Å². The van der Waals surface area contributed by atoms with Gasteiger partial charge in [-0.2, -0.15) is 17.6 Å². The highest BCUT2D eigenvalue weighted by molar-refractivity contribution is 5.97. The molecule has 66 heavy (non-hydrogen) atoms. The van der Waals surface area contributed by atoms with Gasteiger partial charge < -0.3 is 28.9 Å². The number of amides is 3. The molecule has 348 valence electrons. The van der Waals surface area contributed by atoms with Crippen molar-refractivity contribution < 1.29 is 58.3 Å². The Balaban J connectivity index is 0.000000217. The van der Waals surface area contributed by atoms with E-state index in [1.165, 1.54) is 76.5 Å². The molecule has 0 unspecified atom stereocenters. The summed E-state index contributed by atoms with van der Waals surface area (Å²) in [4.78, 5) is 42.4. The number of carbonyl (C=O) groups is 3. The van der Waals surface area contributed by atoms with Crippen LogP contribution < -0.4 is 15.1 Å². The summed E-state index contributed by atoms with van der Waals surface area (Å²) in [6.07, 6.45) is -5.88. The SMILES string of the molecule is CC(C)C(=O)N1CC(C(=O)N(Cc2ccc(-c3nnc(C(F)F)o3)cc2F)c2cccc(F)c2)C1.Cl.O=C(C1CNC1)N(Cc1ccc(-c2nnc(C(F)F)o2)cc1F)c1cccc(F)c1. The number of hydrogen-bond donors (Lipinski definition) is 1. The molecular formula is C44H39ClF8N8O5. The van der Waals surface area contributed by atoms with E-state index in [9.17, 15) is 49.5 Å². The molecule has 1 N–H and O–H groups in total. The monoisotopic (exact) mass is 946 g/mol. The Morgan fingerprint density at radius 1 is 0.652 bits per heavy atom. The minimum Gasteiger partial charge on any atom is -0.415 e. The fourth-order valence-electron chi connectivity index (χ4n) is 6.80. The molecule has 0 spiro atoms. The zero-order chi connectivity index (χ0) is 46.5. The normalized spacial score (nSPS) is 13.7. The van der Waals surface area contributed by atoms with Crippen LogP contribution in [0.2, 0.25) is 0 Å². The molecule has 4 aromatic carbocycles. The topological polar surface area (TPSA) is 151 Å². The van der Waals surface area contributed by atoms with Crippen molar-refractivity contribution >= 4 is 41.5 Å². The molecule has 2 aromatic heterocycles. The quantitative estimate of drug-likeness (QED) is 0.111. The number of nitrogens with one attached hydrogen (secondary N) is 1. The molecule has 6 aromatic rings. The molecule has 22 heteroatoms. The van der Waals surface area contributed by atoms with Crippen LogP contribution in [0.25, 0.3) is 22.9 Å². The molecule has 2 fully saturated rings. The highest BCUT2D eigenvalue weighted by atomic mass is 35.5. The van der Waals surface area contributed by atoms with Gasteiger partial charge in [-0.25, -0.2) is 17.6 Å². The molecule has 0 atom stereocenters. The van der Waals surface area contributed by atoms with Gasteiger partial charge >= 0.3 is 12.9 Å². The van der Waals surface area contributed by atoms with Gasteiger partial charge in [0.15, 0.2) is 0 Å². The molecule has 4 heterocycles. The molecule has 13 nitrogen and oxygen atoms in total. The van der Waals surface area contributed by atoms with E-state index < -0.39 is 53.8 Å². The molecule has 8 rings (SSSR count). The third-order valence-electron chi connectivity index (χ3n) is 10.5. The number of anilines is 2. The second kappa shape index (κ2) is 21.0. The van der Waals surface area contributed by atoms with Crippen molar-refractivity contribution in [2.24, 2.45) is 17.8 Å². The maximum absolute atomic E-state index is 15.0. The van der Waals surface area contributed by atoms with E-state index in [1.54, 1.807) is 24.8 Å². The first-order valence-corrected chi connectivity index (χ1v) is 20.0. The Labute approximate surface area is 377 Å². The second-order valence-corrected chi connectivity index (χ2v) is 15.4. The van der Waals surface area contributed by atoms with E-state index in [0.717, 1.165) is 12.1 Å². The molecule has 0 radical (unpaired) electrons. The van der Waals surface area contributed by atoms with Gasteiger partial charge in [-0.15, -0.1) is 32.8 Å². The lowest BCUT2D eigenvalue weighted by molar-refractivity contribution is -0.144. The molecule has 2 aliphatic rings. The summed E-state index contributed by atoms with van der Waals surface area (Å²) in [6, 6.07) is 18.6. The third-order valence-corrected chi connectivity index (χ3v) is 10.5. The van der Waals surface area contributed by atoms with E-state index in [2.05, 4.69) is 25.7 Å². The smallest absolute Gasteiger partial charge is 0.314 e. The van der Waals surface area contributed by atoms with Gasteiger partial charge in [0.1, 0.15) is 23.3 Å². The number of rotatable bonds is 13. The van der Waals surface area contributed by atoms with Crippen molar-refractivity contribution in [2.75, 3.05) is 36.0 Å². The maximum atomic E-state index is 15.0. The van der Waals surface area contributed by atoms with Crippen molar-refractivity contribution in [2.45, 2.75) is 39.8 Å². The van der Waals surface area contributed by atoms with E-state index in [-0.39, 0.29) is 108 Å². The predicted molar refractivity (Wildman–Crippen MR) is 223 cm³/mol. The summed E-state index contributed by atoms with van der Waals surface area (Å²) >= 11 is 0. The average Bonchev–Trinajstić information content (AvgIpc) is 3.94. The largest absolute Gasteiger partial charge is 0.415 e. The predicted octanol–water partition coefficient (Wildman–Crippen LogP) is 8.73. The molecule has 2 aliphatic heterocycles. The third kappa shape index (κ3) is 11.2. The average molecular weight is 947 g/mol. The molecular weight excluding hydrogens is 908 g/mol. The first-order chi connectivity index (χ1) is 31.1. The fourth-order valence-corrected chi connectivity index (χ4v) is 6.80. The van der Waals surface area contributed by atoms with E-state index in [1.807, 2.05) is 0 Å². The Bertz CT molecular complexity index is 2680. The van der Waals surface area contributed by atoms with Gasteiger partial charge in [0, 0.05) is 65.7 Å². The number of halogens is 9. The van der Waals surface area contributed by atoms with E-state index in [0.29, 0.717) is 18.8 Å². The molecule has 0 aliphatic carbocycles. The summed E-state index contributed by atoms with van der Waals surface area (Å²) in [5.41, 5.74) is 1.05. The number of nitrogens with zero attached hydrogens (tertiary/aromatic N) is 7. The standard InChI is InChI=1S/C24H22F4N4O3.C20H16F4N4O2.ClH/c1-13(2)23(33)31-10-16(11-31)24(34)32(18-5-3-4-17(25)9-18)12-15-7-6-14(8-19(15)26)21-29-30-22(35-21)20(27)28;21-14-2-1-3-15(7-14)28(20(29)13-8-25-9-13)10-12-5-4-11(6-16(12)22)18-26-27-19(30-18)17(23)24;/h3-9,13,16,20H,10-12H2,1-2H3;1-7,13,17,25H,8-10H2;1H. The van der Waals surface area contributed by atoms with Gasteiger partial charge in [-0.1, -0.05) is 38.1 Å². The van der Waals surface area contributed by atoms with Crippen LogP contribution >= 0.6 is 12.4 Å². The Morgan fingerprint density at radius 3 is 1.44 bits per heavy atom. The van der Waals surface area contributed by atoms with Gasteiger partial charge in [0.2, 0.25) is 29.5 Å². The molecule has 0 bridgehead atoms. The highest BCUT2D eigenvalue weighted by Gasteiger charge is 2.39. The van der Waals surface area contributed by atoms with Gasteiger partial charge in [-0.3, -0.25) is 14.4 Å². The fraction of sp³-hybridized carbons (Fsp3) is 0.295. The Kier molecular flexibility index (Phi) is 15.5. The first-order valence-electron chi connectivity index (χ1n) is 20.0. The Hall–Kier alpha value is -6.74. The number of benzene rings is 4. The molecule has 2 saturated heterocycles.